The van der Waals surface area contributed by atoms with Crippen LogP contribution in [0.2, 0.25) is 0 Å². The first kappa shape index (κ1) is 19.0. The highest BCUT2D eigenvalue weighted by Gasteiger charge is 2.11. The molecule has 0 aliphatic rings. The molecule has 28 heavy (non-hydrogen) atoms. The summed E-state index contributed by atoms with van der Waals surface area (Å²) < 4.78 is 18.0. The molecule has 1 aromatic heterocycles. The number of amides is 1. The molecule has 8 heteroatoms. The van der Waals surface area contributed by atoms with Crippen LogP contribution >= 0.6 is 0 Å². The second-order valence-electron chi connectivity index (χ2n) is 5.80. The highest BCUT2D eigenvalue weighted by atomic mass is 19.1. The van der Waals surface area contributed by atoms with E-state index in [1.54, 1.807) is 54.4 Å². The lowest BCUT2D eigenvalue weighted by molar-refractivity contribution is -0.119. The van der Waals surface area contributed by atoms with Gasteiger partial charge in [-0.25, -0.2) is 19.2 Å². The summed E-state index contributed by atoms with van der Waals surface area (Å²) in [7, 11) is 1.74. The van der Waals surface area contributed by atoms with E-state index < -0.39 is 18.5 Å². The number of anilines is 3. The molecule has 0 aliphatic heterocycles. The first-order valence-electron chi connectivity index (χ1n) is 8.36. The van der Waals surface area contributed by atoms with E-state index >= 15 is 0 Å². The number of esters is 1. The third-order valence-electron chi connectivity index (χ3n) is 3.78. The summed E-state index contributed by atoms with van der Waals surface area (Å²) in [6, 6.07) is 14.3. The van der Waals surface area contributed by atoms with E-state index in [9.17, 15) is 14.0 Å². The first-order valence-corrected chi connectivity index (χ1v) is 8.36. The Bertz CT molecular complexity index is 947. The molecule has 0 aliphatic carbocycles. The van der Waals surface area contributed by atoms with Gasteiger partial charge in [0.25, 0.3) is 5.91 Å². The number of nitrogens with zero attached hydrogens (tertiary/aromatic N) is 3. The molecule has 1 N–H and O–H groups in total. The van der Waals surface area contributed by atoms with Crippen molar-refractivity contribution >= 4 is 29.2 Å². The van der Waals surface area contributed by atoms with Gasteiger partial charge >= 0.3 is 5.97 Å². The minimum Gasteiger partial charge on any atom is -0.452 e. The average molecular weight is 380 g/mol. The summed E-state index contributed by atoms with van der Waals surface area (Å²) in [5.74, 6) is -1.04. The Balaban J connectivity index is 1.54. The summed E-state index contributed by atoms with van der Waals surface area (Å²) in [6.45, 7) is -0.426. The third-order valence-corrected chi connectivity index (χ3v) is 3.78. The van der Waals surface area contributed by atoms with E-state index in [1.165, 1.54) is 24.5 Å². The molecule has 0 saturated carbocycles. The molecule has 0 radical (unpaired) electrons. The van der Waals surface area contributed by atoms with Crippen LogP contribution in [-0.4, -0.2) is 35.5 Å². The Labute approximate surface area is 160 Å². The molecule has 0 unspecified atom stereocenters. The summed E-state index contributed by atoms with van der Waals surface area (Å²) in [6.07, 6.45) is 2.86. The second kappa shape index (κ2) is 8.72. The smallest absolute Gasteiger partial charge is 0.338 e. The molecule has 0 spiro atoms. The lowest BCUT2D eigenvalue weighted by Gasteiger charge is -2.17. The summed E-state index contributed by atoms with van der Waals surface area (Å²) in [5.41, 5.74) is 1.44. The van der Waals surface area contributed by atoms with Gasteiger partial charge in [-0.1, -0.05) is 18.2 Å². The number of nitrogens with one attached hydrogen (secondary N) is 1. The maximum atomic E-state index is 13.0. The monoisotopic (exact) mass is 380 g/mol. The summed E-state index contributed by atoms with van der Waals surface area (Å²) in [4.78, 5) is 33.8. The van der Waals surface area contributed by atoms with Crippen molar-refractivity contribution in [3.05, 3.63) is 78.4 Å². The number of aromatic nitrogens is 2. The number of halogens is 1. The fraction of sp³-hybridized carbons (Fsp3) is 0.100. The predicted octanol–water partition coefficient (Wildman–Crippen LogP) is 3.18. The van der Waals surface area contributed by atoms with Gasteiger partial charge in [0.1, 0.15) is 5.82 Å². The maximum Gasteiger partial charge on any atom is 0.338 e. The molecule has 7 nitrogen and oxygen atoms in total. The van der Waals surface area contributed by atoms with Crippen LogP contribution in [0.15, 0.2) is 67.0 Å². The van der Waals surface area contributed by atoms with Crippen LogP contribution in [0.4, 0.5) is 21.7 Å². The molecule has 3 aromatic rings. The van der Waals surface area contributed by atoms with Gasteiger partial charge in [-0.05, 0) is 36.4 Å². The lowest BCUT2D eigenvalue weighted by Crippen LogP contribution is -2.21. The van der Waals surface area contributed by atoms with E-state index in [4.69, 9.17) is 4.74 Å². The van der Waals surface area contributed by atoms with E-state index in [0.29, 0.717) is 22.9 Å². The first-order chi connectivity index (χ1) is 13.5. The van der Waals surface area contributed by atoms with Crippen LogP contribution in [0.25, 0.3) is 0 Å². The van der Waals surface area contributed by atoms with Crippen molar-refractivity contribution in [2.24, 2.45) is 0 Å². The molecule has 1 amide bonds. The van der Waals surface area contributed by atoms with Gasteiger partial charge in [0.05, 0.1) is 23.6 Å². The molecule has 3 rings (SSSR count). The Morgan fingerprint density at radius 1 is 1.04 bits per heavy atom. The molecule has 0 saturated heterocycles. The molecule has 142 valence electrons. The number of hydrogen-bond donors (Lipinski definition) is 1. The molecule has 2 aromatic carbocycles. The van der Waals surface area contributed by atoms with Crippen LogP contribution < -0.4 is 10.2 Å². The number of ether oxygens (including phenoxy) is 1. The highest BCUT2D eigenvalue weighted by molar-refractivity contribution is 5.95. The highest BCUT2D eigenvalue weighted by Crippen LogP contribution is 2.20. The van der Waals surface area contributed by atoms with Crippen LogP contribution in [0.3, 0.4) is 0 Å². The van der Waals surface area contributed by atoms with E-state index in [0.717, 1.165) is 0 Å². The van der Waals surface area contributed by atoms with Gasteiger partial charge in [-0.2, -0.15) is 0 Å². The van der Waals surface area contributed by atoms with Gasteiger partial charge in [-0.15, -0.1) is 0 Å². The Morgan fingerprint density at radius 2 is 1.68 bits per heavy atom. The molecular formula is C20H17FN4O3. The van der Waals surface area contributed by atoms with Gasteiger partial charge in [0, 0.05) is 12.7 Å². The number of rotatable bonds is 6. The van der Waals surface area contributed by atoms with Crippen LogP contribution in [-0.2, 0) is 9.53 Å². The molecule has 0 atom stereocenters. The van der Waals surface area contributed by atoms with Gasteiger partial charge in [-0.3, -0.25) is 4.79 Å². The Kier molecular flexibility index (Phi) is 5.91. The van der Waals surface area contributed by atoms with Crippen LogP contribution in [0.5, 0.6) is 0 Å². The maximum absolute atomic E-state index is 13.0. The molecule has 0 bridgehead atoms. The van der Waals surface area contributed by atoms with E-state index in [1.807, 2.05) is 0 Å². The second-order valence-corrected chi connectivity index (χ2v) is 5.80. The fourth-order valence-corrected chi connectivity index (χ4v) is 2.32. The van der Waals surface area contributed by atoms with Crippen molar-refractivity contribution in [3.8, 4) is 0 Å². The number of benzene rings is 2. The zero-order valence-electron chi connectivity index (χ0n) is 15.0. The van der Waals surface area contributed by atoms with Crippen molar-refractivity contribution in [3.63, 3.8) is 0 Å². The van der Waals surface area contributed by atoms with Gasteiger partial charge in [0.15, 0.2) is 6.61 Å². The zero-order chi connectivity index (χ0) is 19.9. The van der Waals surface area contributed by atoms with E-state index in [2.05, 4.69) is 15.3 Å². The fourth-order valence-electron chi connectivity index (χ4n) is 2.32. The van der Waals surface area contributed by atoms with Gasteiger partial charge in [0.2, 0.25) is 5.95 Å². The van der Waals surface area contributed by atoms with Gasteiger partial charge < -0.3 is 15.0 Å². The standard InChI is InChI=1S/C20H17FN4O3/c1-25(17-9-7-15(21)8-10-17)20-22-11-16(12-23-20)24-18(26)13-28-19(27)14-5-3-2-4-6-14/h2-12H,13H2,1H3,(H,24,26). The molecular weight excluding hydrogens is 363 g/mol. The minimum atomic E-state index is -0.580. The lowest BCUT2D eigenvalue weighted by atomic mass is 10.2. The van der Waals surface area contributed by atoms with Crippen molar-refractivity contribution in [1.29, 1.82) is 0 Å². The van der Waals surface area contributed by atoms with Crippen molar-refractivity contribution in [1.82, 2.24) is 9.97 Å². The normalized spacial score (nSPS) is 10.2. The quantitative estimate of drug-likeness (QED) is 0.661. The Morgan fingerprint density at radius 3 is 2.32 bits per heavy atom. The summed E-state index contributed by atoms with van der Waals surface area (Å²) >= 11 is 0. The minimum absolute atomic E-state index is 0.330. The van der Waals surface area contributed by atoms with Crippen LogP contribution in [0, 0.1) is 5.82 Å². The zero-order valence-corrected chi connectivity index (χ0v) is 15.0. The number of hydrogen-bond acceptors (Lipinski definition) is 6. The van der Waals surface area contributed by atoms with Crippen LogP contribution in [0.1, 0.15) is 10.4 Å². The summed E-state index contributed by atoms with van der Waals surface area (Å²) in [5, 5.41) is 2.55. The number of carbonyl (C=O) groups is 2. The molecule has 1 heterocycles. The van der Waals surface area contributed by atoms with E-state index in [-0.39, 0.29) is 5.82 Å². The third kappa shape index (κ3) is 4.88. The SMILES string of the molecule is CN(c1ccc(F)cc1)c1ncc(NC(=O)COC(=O)c2ccccc2)cn1. The number of carbonyl (C=O) groups excluding carboxylic acids is 2. The van der Waals surface area contributed by atoms with Crippen molar-refractivity contribution in [2.75, 3.05) is 23.9 Å². The molecule has 0 fully saturated rings. The largest absolute Gasteiger partial charge is 0.452 e. The van der Waals surface area contributed by atoms with Crippen molar-refractivity contribution in [2.45, 2.75) is 0 Å². The Hall–Kier alpha value is -3.81. The topological polar surface area (TPSA) is 84.4 Å². The van der Waals surface area contributed by atoms with Crippen molar-refractivity contribution < 1.29 is 18.7 Å². The average Bonchev–Trinajstić information content (AvgIpc) is 2.73. The predicted molar refractivity (Wildman–Crippen MR) is 102 cm³/mol.